The molecule has 2 N–H and O–H groups in total. The van der Waals surface area contributed by atoms with E-state index < -0.39 is 0 Å². The standard InChI is InChI=1S/C42H36N4/c1-2-23-45-24-4-5-32-14-15-35-27-31(10-9-29-12-17-37-33(25-29)19-21-43-37)28-46-36(6-3-8-40(46)42(35)41(32)39(45)7-1)16-11-30-13-18-38-34(26-30)20-22-44-38/h3,6,8-23,25-28,43-44H,1-2,4-5,7,24H2/q+2/b10-9+,16-11+. The number of nitrogens with one attached hydrogen (secondary N) is 2. The molecule has 0 fully saturated rings. The van der Waals surface area contributed by atoms with Crippen LogP contribution in [-0.2, 0) is 6.42 Å². The molecule has 0 radical (unpaired) electrons. The summed E-state index contributed by atoms with van der Waals surface area (Å²) in [6.45, 7) is 1.11. The zero-order valence-electron chi connectivity index (χ0n) is 25.8. The van der Waals surface area contributed by atoms with E-state index in [1.165, 1.54) is 79.3 Å². The van der Waals surface area contributed by atoms with E-state index in [0.717, 1.165) is 36.1 Å². The van der Waals surface area contributed by atoms with Crippen LogP contribution >= 0.6 is 0 Å². The van der Waals surface area contributed by atoms with E-state index in [9.17, 15) is 0 Å². The third-order valence-electron chi connectivity index (χ3n) is 9.76. The molecule has 0 unspecified atom stereocenters. The van der Waals surface area contributed by atoms with Crippen LogP contribution in [0.2, 0.25) is 0 Å². The summed E-state index contributed by atoms with van der Waals surface area (Å²) >= 11 is 0. The highest BCUT2D eigenvalue weighted by atomic mass is 15.0. The molecule has 222 valence electrons. The number of benzene rings is 3. The minimum Gasteiger partial charge on any atom is -0.361 e. The van der Waals surface area contributed by atoms with Crippen LogP contribution in [0.1, 0.15) is 53.6 Å². The number of hydrogen-bond donors (Lipinski definition) is 2. The average Bonchev–Trinajstić information content (AvgIpc) is 3.68. The monoisotopic (exact) mass is 596 g/mol. The van der Waals surface area contributed by atoms with Crippen molar-refractivity contribution in [1.82, 2.24) is 9.97 Å². The third kappa shape index (κ3) is 4.78. The SMILES string of the molecule is C1=C(/C=C/c2ccc3[nH]ccc3c2)C=[n+]2c(/C=C/c3ccc4[nH]ccc4c3)cccc2=c2c1ccc1c2=C2CCCC=[N+]2CCC1. The van der Waals surface area contributed by atoms with E-state index in [4.69, 9.17) is 0 Å². The molecule has 4 nitrogen and oxygen atoms in total. The number of rotatable bonds is 4. The molecule has 6 aromatic rings. The second kappa shape index (κ2) is 11.1. The number of aromatic nitrogens is 3. The lowest BCUT2D eigenvalue weighted by molar-refractivity contribution is -0.521. The Morgan fingerprint density at radius 1 is 0.674 bits per heavy atom. The number of hydrogen-bond acceptors (Lipinski definition) is 0. The number of H-pyrrole nitrogens is 2. The van der Waals surface area contributed by atoms with Crippen molar-refractivity contribution < 1.29 is 8.82 Å². The van der Waals surface area contributed by atoms with Gasteiger partial charge in [-0.15, -0.1) is 0 Å². The minimum atomic E-state index is 1.11. The van der Waals surface area contributed by atoms with Gasteiger partial charge in [0.25, 0.3) is 0 Å². The maximum Gasteiger partial charge on any atom is 0.219 e. The largest absolute Gasteiger partial charge is 0.361 e. The molecule has 3 aliphatic rings. The van der Waals surface area contributed by atoms with Gasteiger partial charge >= 0.3 is 0 Å². The van der Waals surface area contributed by atoms with Crippen molar-refractivity contribution in [2.24, 2.45) is 0 Å². The highest BCUT2D eigenvalue weighted by molar-refractivity contribution is 5.84. The lowest BCUT2D eigenvalue weighted by Crippen LogP contribution is -2.28. The quantitative estimate of drug-likeness (QED) is 0.195. The van der Waals surface area contributed by atoms with E-state index in [1.807, 2.05) is 12.4 Å². The Kier molecular flexibility index (Phi) is 6.52. The molecule has 3 aliphatic heterocycles. The fraction of sp³-hybridized carbons (Fsp3) is 0.143. The van der Waals surface area contributed by atoms with Gasteiger partial charge in [-0.1, -0.05) is 30.3 Å². The predicted molar refractivity (Wildman–Crippen MR) is 189 cm³/mol. The fourth-order valence-electron chi connectivity index (χ4n) is 7.50. The lowest BCUT2D eigenvalue weighted by Gasteiger charge is -2.10. The highest BCUT2D eigenvalue weighted by Crippen LogP contribution is 2.22. The molecule has 4 heteroatoms. The average molecular weight is 597 g/mol. The Balaban J connectivity index is 1.30. The summed E-state index contributed by atoms with van der Waals surface area (Å²) < 4.78 is 4.97. The van der Waals surface area contributed by atoms with Crippen molar-refractivity contribution in [2.75, 3.05) is 6.54 Å². The van der Waals surface area contributed by atoms with E-state index in [0.29, 0.717) is 0 Å². The molecule has 9 rings (SSSR count). The van der Waals surface area contributed by atoms with Crippen molar-refractivity contribution in [3.63, 3.8) is 0 Å². The minimum absolute atomic E-state index is 1.11. The van der Waals surface area contributed by atoms with Crippen molar-refractivity contribution in [1.29, 1.82) is 0 Å². The summed E-state index contributed by atoms with van der Waals surface area (Å²) in [5.74, 6) is 0. The van der Waals surface area contributed by atoms with Gasteiger partial charge in [-0.2, -0.15) is 4.24 Å². The molecule has 0 amide bonds. The van der Waals surface area contributed by atoms with Crippen LogP contribution in [0.4, 0.5) is 0 Å². The van der Waals surface area contributed by atoms with Gasteiger partial charge in [-0.3, -0.25) is 0 Å². The van der Waals surface area contributed by atoms with Gasteiger partial charge in [0.15, 0.2) is 11.9 Å². The lowest BCUT2D eigenvalue weighted by atomic mass is 9.97. The molecule has 0 saturated carbocycles. The first-order valence-corrected chi connectivity index (χ1v) is 16.5. The molecule has 0 spiro atoms. The topological polar surface area (TPSA) is 40.5 Å². The second-order valence-corrected chi connectivity index (χ2v) is 12.7. The molecular formula is C42H36N4+2. The zero-order valence-corrected chi connectivity index (χ0v) is 25.8. The number of aryl methyl sites for hydroxylation is 1. The molecule has 46 heavy (non-hydrogen) atoms. The van der Waals surface area contributed by atoms with Gasteiger partial charge in [-0.05, 0) is 107 Å². The Labute approximate surface area is 267 Å². The normalized spacial score (nSPS) is 16.0. The third-order valence-corrected chi connectivity index (χ3v) is 9.76. The summed E-state index contributed by atoms with van der Waals surface area (Å²) in [7, 11) is 0. The zero-order chi connectivity index (χ0) is 30.5. The molecule has 3 aromatic carbocycles. The molecule has 0 atom stereocenters. The van der Waals surface area contributed by atoms with E-state index in [-0.39, 0.29) is 0 Å². The summed E-state index contributed by atoms with van der Waals surface area (Å²) in [6, 6.07) is 28.9. The first kappa shape index (κ1) is 26.9. The molecule has 6 heterocycles. The summed E-state index contributed by atoms with van der Waals surface area (Å²) in [5, 5.41) is 6.50. The summed E-state index contributed by atoms with van der Waals surface area (Å²) in [6.07, 6.45) is 25.9. The van der Waals surface area contributed by atoms with Crippen LogP contribution in [0.3, 0.4) is 0 Å². The summed E-state index contributed by atoms with van der Waals surface area (Å²) in [4.78, 5) is 6.62. The Morgan fingerprint density at radius 2 is 1.46 bits per heavy atom. The fourth-order valence-corrected chi connectivity index (χ4v) is 7.50. The first-order chi connectivity index (χ1) is 22.8. The van der Waals surface area contributed by atoms with Crippen LogP contribution in [0.5, 0.6) is 0 Å². The van der Waals surface area contributed by atoms with Crippen LogP contribution in [-0.4, -0.2) is 27.3 Å². The van der Waals surface area contributed by atoms with Crippen LogP contribution in [0.15, 0.2) is 103 Å². The maximum atomic E-state index is 3.31. The number of fused-ring (bicyclic) bond motifs is 7. The van der Waals surface area contributed by atoms with Gasteiger partial charge in [0.1, 0.15) is 12.8 Å². The Bertz CT molecular complexity index is 2530. The molecular weight excluding hydrogens is 560 g/mol. The number of pyridine rings is 1. The Hall–Kier alpha value is -5.48. The molecule has 3 aromatic heterocycles. The predicted octanol–water partition coefficient (Wildman–Crippen LogP) is 7.84. The maximum absolute atomic E-state index is 3.31. The smallest absolute Gasteiger partial charge is 0.219 e. The first-order valence-electron chi connectivity index (χ1n) is 16.5. The van der Waals surface area contributed by atoms with Crippen LogP contribution in [0, 0.1) is 16.8 Å². The van der Waals surface area contributed by atoms with Crippen LogP contribution < -0.4 is 9.46 Å². The molecule has 0 aliphatic carbocycles. The van der Waals surface area contributed by atoms with Crippen molar-refractivity contribution >= 4 is 58.0 Å². The Morgan fingerprint density at radius 3 is 2.26 bits per heavy atom. The van der Waals surface area contributed by atoms with E-state index in [1.54, 1.807) is 0 Å². The molecule has 0 bridgehead atoms. The second-order valence-electron chi connectivity index (χ2n) is 12.7. The molecule has 0 saturated heterocycles. The van der Waals surface area contributed by atoms with Gasteiger partial charge in [0.2, 0.25) is 11.0 Å². The van der Waals surface area contributed by atoms with Gasteiger partial charge < -0.3 is 9.97 Å². The van der Waals surface area contributed by atoms with E-state index in [2.05, 4.69) is 140 Å². The number of nitrogens with zero attached hydrogens (tertiary/aromatic N) is 2. The van der Waals surface area contributed by atoms with Crippen molar-refractivity contribution in [3.8, 4) is 0 Å². The van der Waals surface area contributed by atoms with Gasteiger partial charge in [0, 0.05) is 66.5 Å². The van der Waals surface area contributed by atoms with Gasteiger partial charge in [0.05, 0.1) is 10.4 Å². The van der Waals surface area contributed by atoms with Crippen molar-refractivity contribution in [3.05, 3.63) is 153 Å². The number of aromatic amines is 2. The van der Waals surface area contributed by atoms with Crippen molar-refractivity contribution in [2.45, 2.75) is 32.1 Å². The number of allylic oxidation sites excluding steroid dienone is 2. The van der Waals surface area contributed by atoms with Gasteiger partial charge in [-0.25, -0.2) is 4.58 Å². The van der Waals surface area contributed by atoms with Crippen LogP contribution in [0.25, 0.3) is 51.8 Å². The van der Waals surface area contributed by atoms with E-state index >= 15 is 0 Å². The highest BCUT2D eigenvalue weighted by Gasteiger charge is 2.25. The summed E-state index contributed by atoms with van der Waals surface area (Å²) in [5.41, 5.74) is 11.3.